The normalized spacial score (nSPS) is 12.2. The van der Waals surface area contributed by atoms with Crippen LogP contribution in [0.2, 0.25) is 0 Å². The molecule has 0 aromatic carbocycles. The Morgan fingerprint density at radius 3 is 1.69 bits per heavy atom. The maximum atomic E-state index is 8.96. The lowest BCUT2D eigenvalue weighted by atomic mass is 10.3. The van der Waals surface area contributed by atoms with Crippen LogP contribution in [-0.4, -0.2) is 36.2 Å². The second kappa shape index (κ2) is 12.5. The van der Waals surface area contributed by atoms with Crippen LogP contribution in [0.1, 0.15) is 39.5 Å². The van der Waals surface area contributed by atoms with Crippen molar-refractivity contribution in [2.75, 3.05) is 26.2 Å². The zero-order chi connectivity index (χ0) is 12.1. The summed E-state index contributed by atoms with van der Waals surface area (Å²) in [4.78, 5) is 2.32. The van der Waals surface area contributed by atoms with E-state index < -0.39 is 0 Å². The van der Waals surface area contributed by atoms with E-state index in [-0.39, 0.29) is 6.61 Å². The van der Waals surface area contributed by atoms with Gasteiger partial charge in [-0.1, -0.05) is 38.2 Å². The summed E-state index contributed by atoms with van der Waals surface area (Å²) >= 11 is 0. The van der Waals surface area contributed by atoms with Gasteiger partial charge in [0.15, 0.2) is 0 Å². The van der Waals surface area contributed by atoms with E-state index in [1.807, 2.05) is 0 Å². The Kier molecular flexibility index (Phi) is 12.0. The zero-order valence-corrected chi connectivity index (χ0v) is 10.9. The summed E-state index contributed by atoms with van der Waals surface area (Å²) in [6.45, 7) is 7.46. The minimum Gasteiger partial charge on any atom is -0.395 e. The quantitative estimate of drug-likeness (QED) is 0.578. The van der Waals surface area contributed by atoms with Crippen molar-refractivity contribution >= 4 is 0 Å². The van der Waals surface area contributed by atoms with Crippen molar-refractivity contribution in [2.45, 2.75) is 39.5 Å². The molecule has 0 atom stereocenters. The first-order valence-corrected chi connectivity index (χ1v) is 6.48. The fourth-order valence-electron chi connectivity index (χ4n) is 1.56. The molecule has 0 unspecified atom stereocenters. The summed E-state index contributed by atoms with van der Waals surface area (Å²) in [5, 5.41) is 8.96. The van der Waals surface area contributed by atoms with Crippen molar-refractivity contribution < 1.29 is 5.11 Å². The molecule has 0 bridgehead atoms. The molecule has 0 amide bonds. The van der Waals surface area contributed by atoms with Crippen LogP contribution in [0.25, 0.3) is 0 Å². The van der Waals surface area contributed by atoms with Gasteiger partial charge in [0.2, 0.25) is 0 Å². The smallest absolute Gasteiger partial charge is 0.0558 e. The number of allylic oxidation sites excluding steroid dienone is 2. The number of rotatable bonds is 10. The largest absolute Gasteiger partial charge is 0.395 e. The molecule has 0 radical (unpaired) electrons. The molecular weight excluding hydrogens is 198 g/mol. The van der Waals surface area contributed by atoms with Gasteiger partial charge in [-0.25, -0.2) is 0 Å². The van der Waals surface area contributed by atoms with E-state index in [1.54, 1.807) is 0 Å². The van der Waals surface area contributed by atoms with Crippen molar-refractivity contribution in [3.63, 3.8) is 0 Å². The fraction of sp³-hybridized carbons (Fsp3) is 0.714. The molecule has 2 nitrogen and oxygen atoms in total. The Hall–Kier alpha value is -0.600. The maximum Gasteiger partial charge on any atom is 0.0558 e. The Morgan fingerprint density at radius 2 is 1.31 bits per heavy atom. The van der Waals surface area contributed by atoms with Crippen LogP contribution in [0.5, 0.6) is 0 Å². The van der Waals surface area contributed by atoms with Gasteiger partial charge in [0.1, 0.15) is 0 Å². The maximum absolute atomic E-state index is 8.96. The van der Waals surface area contributed by atoms with E-state index in [9.17, 15) is 0 Å². The molecule has 0 rings (SSSR count). The van der Waals surface area contributed by atoms with Crippen molar-refractivity contribution in [1.29, 1.82) is 0 Å². The SMILES string of the molecule is CC/C=C/CCN(CCO)CC/C=C/CC. The van der Waals surface area contributed by atoms with Crippen molar-refractivity contribution in [3.05, 3.63) is 24.3 Å². The van der Waals surface area contributed by atoms with Crippen molar-refractivity contribution in [3.8, 4) is 0 Å². The van der Waals surface area contributed by atoms with Gasteiger partial charge in [-0.15, -0.1) is 0 Å². The third-order valence-corrected chi connectivity index (χ3v) is 2.44. The molecule has 0 heterocycles. The number of aliphatic hydroxyl groups excluding tert-OH is 1. The summed E-state index contributed by atoms with van der Waals surface area (Å²) < 4.78 is 0. The van der Waals surface area contributed by atoms with E-state index in [2.05, 4.69) is 43.1 Å². The summed E-state index contributed by atoms with van der Waals surface area (Å²) in [7, 11) is 0. The number of nitrogens with zero attached hydrogens (tertiary/aromatic N) is 1. The third kappa shape index (κ3) is 9.94. The zero-order valence-electron chi connectivity index (χ0n) is 10.9. The van der Waals surface area contributed by atoms with E-state index in [4.69, 9.17) is 5.11 Å². The molecule has 0 saturated heterocycles. The molecule has 1 N–H and O–H groups in total. The Bertz CT molecular complexity index is 169. The average molecular weight is 225 g/mol. The highest BCUT2D eigenvalue weighted by atomic mass is 16.3. The van der Waals surface area contributed by atoms with Gasteiger partial charge in [0.25, 0.3) is 0 Å². The highest BCUT2D eigenvalue weighted by molar-refractivity contribution is 4.83. The van der Waals surface area contributed by atoms with E-state index in [0.29, 0.717) is 0 Å². The molecule has 0 aliphatic carbocycles. The van der Waals surface area contributed by atoms with E-state index in [1.165, 1.54) is 0 Å². The molecule has 0 spiro atoms. The molecule has 16 heavy (non-hydrogen) atoms. The van der Waals surface area contributed by atoms with Gasteiger partial charge in [0.05, 0.1) is 6.61 Å². The van der Waals surface area contributed by atoms with Crippen LogP contribution >= 0.6 is 0 Å². The molecule has 0 aliphatic rings. The van der Waals surface area contributed by atoms with Crippen molar-refractivity contribution in [2.24, 2.45) is 0 Å². The lowest BCUT2D eigenvalue weighted by Gasteiger charge is -2.19. The highest BCUT2D eigenvalue weighted by Gasteiger charge is 2.00. The monoisotopic (exact) mass is 225 g/mol. The molecule has 0 aromatic heterocycles. The molecule has 0 aliphatic heterocycles. The van der Waals surface area contributed by atoms with Crippen LogP contribution in [0, 0.1) is 0 Å². The van der Waals surface area contributed by atoms with Gasteiger partial charge in [-0.2, -0.15) is 0 Å². The van der Waals surface area contributed by atoms with Gasteiger partial charge in [-0.05, 0) is 25.7 Å². The first kappa shape index (κ1) is 15.4. The molecule has 0 saturated carbocycles. The second-order valence-corrected chi connectivity index (χ2v) is 3.90. The minimum absolute atomic E-state index is 0.259. The number of hydrogen-bond acceptors (Lipinski definition) is 2. The predicted octanol–water partition coefficient (Wildman–Crippen LogP) is 2.99. The summed E-state index contributed by atoms with van der Waals surface area (Å²) in [6.07, 6.45) is 13.3. The van der Waals surface area contributed by atoms with E-state index >= 15 is 0 Å². The Morgan fingerprint density at radius 1 is 0.812 bits per heavy atom. The number of aliphatic hydroxyl groups is 1. The average Bonchev–Trinajstić information content (AvgIpc) is 2.30. The predicted molar refractivity (Wildman–Crippen MR) is 71.6 cm³/mol. The van der Waals surface area contributed by atoms with Gasteiger partial charge in [0, 0.05) is 19.6 Å². The van der Waals surface area contributed by atoms with Crippen LogP contribution < -0.4 is 0 Å². The molecule has 0 fully saturated rings. The lowest BCUT2D eigenvalue weighted by Crippen LogP contribution is -2.28. The molecule has 0 aromatic rings. The van der Waals surface area contributed by atoms with E-state index in [0.717, 1.165) is 45.3 Å². The number of hydrogen-bond donors (Lipinski definition) is 1. The highest BCUT2D eigenvalue weighted by Crippen LogP contribution is 1.97. The second-order valence-electron chi connectivity index (χ2n) is 3.90. The Labute approximate surface area is 101 Å². The van der Waals surface area contributed by atoms with Crippen LogP contribution in [0.3, 0.4) is 0 Å². The fourth-order valence-corrected chi connectivity index (χ4v) is 1.56. The van der Waals surface area contributed by atoms with Gasteiger partial charge >= 0.3 is 0 Å². The first-order valence-electron chi connectivity index (χ1n) is 6.48. The third-order valence-electron chi connectivity index (χ3n) is 2.44. The van der Waals surface area contributed by atoms with Crippen LogP contribution in [0.15, 0.2) is 24.3 Å². The van der Waals surface area contributed by atoms with Gasteiger partial charge in [-0.3, -0.25) is 0 Å². The van der Waals surface area contributed by atoms with Crippen LogP contribution in [0.4, 0.5) is 0 Å². The van der Waals surface area contributed by atoms with Crippen LogP contribution in [-0.2, 0) is 0 Å². The molecule has 2 heteroatoms. The lowest BCUT2D eigenvalue weighted by molar-refractivity contribution is 0.200. The first-order chi connectivity index (χ1) is 7.85. The summed E-state index contributed by atoms with van der Waals surface area (Å²) in [5.41, 5.74) is 0. The molecular formula is C14H27NO. The standard InChI is InChI=1S/C14H27NO/c1-3-5-7-9-11-15(13-14-16)12-10-8-6-4-2/h5-8,16H,3-4,9-14H2,1-2H3/b7-5+,8-6+. The minimum atomic E-state index is 0.259. The topological polar surface area (TPSA) is 23.5 Å². The molecule has 94 valence electrons. The van der Waals surface area contributed by atoms with Gasteiger partial charge < -0.3 is 10.0 Å². The van der Waals surface area contributed by atoms with Crippen molar-refractivity contribution in [1.82, 2.24) is 4.90 Å². The Balaban J connectivity index is 3.69. The summed E-state index contributed by atoms with van der Waals surface area (Å²) in [6, 6.07) is 0. The summed E-state index contributed by atoms with van der Waals surface area (Å²) in [5.74, 6) is 0.